The maximum Gasteiger partial charge on any atom is 0.268 e. The molecule has 3 heterocycles. The molecule has 13 aromatic rings. The third-order valence-electron chi connectivity index (χ3n) is 14.0. The minimum atomic E-state index is -2.85. The fourth-order valence-corrected chi connectivity index (χ4v) is 9.94. The van der Waals surface area contributed by atoms with Crippen LogP contribution in [0.4, 0.5) is 0 Å². The third-order valence-corrected chi connectivity index (χ3v) is 14.0. The summed E-state index contributed by atoms with van der Waals surface area (Å²) in [4.78, 5) is 4.70. The van der Waals surface area contributed by atoms with E-state index in [1.807, 2.05) is 60.7 Å². The minimum Gasteiger partial charge on any atom is -0.510 e. The summed E-state index contributed by atoms with van der Waals surface area (Å²) in [6, 6.07) is 30.1. The van der Waals surface area contributed by atoms with Gasteiger partial charge in [0.05, 0.1) is 41.4 Å². The molecule has 13 rings (SSSR count). The maximum atomic E-state index is 10.3. The Morgan fingerprint density at radius 1 is 0.519 bits per heavy atom. The van der Waals surface area contributed by atoms with E-state index in [-0.39, 0.29) is 66.2 Å². The number of imidazole rings is 1. The number of nitrogens with zero attached hydrogens (tertiary/aromatic N) is 4. The van der Waals surface area contributed by atoms with Gasteiger partial charge in [0.2, 0.25) is 0 Å². The molecule has 0 saturated carbocycles. The summed E-state index contributed by atoms with van der Waals surface area (Å²) in [5, 5.41) is 1.45. The van der Waals surface area contributed by atoms with Crippen molar-refractivity contribution in [2.45, 2.75) is 59.2 Å². The van der Waals surface area contributed by atoms with E-state index in [9.17, 15) is 9.60 Å². The van der Waals surface area contributed by atoms with Gasteiger partial charge in [0.1, 0.15) is 5.82 Å². The molecule has 0 N–H and O–H groups in total. The first-order valence-electron chi connectivity index (χ1n) is 36.3. The minimum absolute atomic E-state index is 0. The predicted octanol–water partition coefficient (Wildman–Crippen LogP) is 18.8. The van der Waals surface area contributed by atoms with E-state index in [0.717, 1.165) is 16.5 Å². The molecule has 5 nitrogen and oxygen atoms in total. The Balaban J connectivity index is 0.00000982. The van der Waals surface area contributed by atoms with Crippen LogP contribution in [0, 0.1) is 25.3 Å². The number of rotatable bonds is 10. The molecule has 0 saturated heterocycles. The Morgan fingerprint density at radius 3 is 1.75 bits per heavy atom. The van der Waals surface area contributed by atoms with Gasteiger partial charge in [-0.3, -0.25) is 4.57 Å². The second kappa shape index (κ2) is 21.3. The standard InChI is InChI=1S/C75H60N4O.Pt/c1-50-39-72(76-48-67(50)53-27-15-10-16-28-53)79-68-34-18-17-31-65(68)66-38-37-62(47-71(66)79)80-61-30-21-29-60(46-61)77-49-78(70-36-20-19-35-69(70)77)73-63(32-22-33-64(73)57-43-58(74(2,3)4)45-59(44-57)75(5,6)7)56-41-54(51-23-11-8-12-24-51)40-55(42-56)52-25-13-9-14-26-52;/h8-45,48H,1-7H3;/q-2;/i1D3,8D,9D,10D,11D,12D,13D,14D,15D,16D,23D,24D,25D,26D,27D,28D,40D,41D,42D;. The van der Waals surface area contributed by atoms with Crippen LogP contribution in [0.2, 0.25) is 0 Å². The second-order valence-electron chi connectivity index (χ2n) is 21.3. The van der Waals surface area contributed by atoms with Crippen LogP contribution in [0.15, 0.2) is 236 Å². The molecule has 0 amide bonds. The van der Waals surface area contributed by atoms with E-state index in [2.05, 4.69) is 78.2 Å². The van der Waals surface area contributed by atoms with Crippen molar-refractivity contribution in [3.05, 3.63) is 271 Å². The molecule has 0 atom stereocenters. The number of aromatic nitrogens is 4. The second-order valence-corrected chi connectivity index (χ2v) is 21.3. The van der Waals surface area contributed by atoms with Gasteiger partial charge in [0.15, 0.2) is 0 Å². The van der Waals surface area contributed by atoms with Crippen molar-refractivity contribution in [1.82, 2.24) is 14.1 Å². The zero-order chi connectivity index (χ0) is 72.9. The first-order valence-corrected chi connectivity index (χ1v) is 25.8. The SMILES string of the molecule is [2H]c1c([2H])c([2H])c(-c2cnc(-n3c4[c-]c(Oc5[c-]c(-n6[c-][n+](-c7c(-c8cc(C(C)(C)C)cc(C(C)(C)C)c8)cccc7-c7c([2H])c(-c8c([2H])c([2H])c([2H])c([2H])c8[2H])c([2H])c(-c8c([2H])c([2H])c([2H])c([2H])c8[2H])c7[2H])c7ccccc76)ccc5)ccc4c4ccccc43)cc2C([2H])([2H])[2H])c([2H])c1[2H].[Pt]. The molecular formula is C75H60N4OPt-2. The first-order chi connectivity index (χ1) is 47.5. The number of para-hydroxylation sites is 4. The molecule has 10 aromatic carbocycles. The molecule has 398 valence electrons. The molecule has 0 bridgehead atoms. The van der Waals surface area contributed by atoms with E-state index in [0.29, 0.717) is 50.0 Å². The summed E-state index contributed by atoms with van der Waals surface area (Å²) < 4.78 is 200. The summed E-state index contributed by atoms with van der Waals surface area (Å²) >= 11 is 0. The Morgan fingerprint density at radius 2 is 1.10 bits per heavy atom. The molecule has 0 aliphatic rings. The van der Waals surface area contributed by atoms with Crippen molar-refractivity contribution in [1.29, 1.82) is 0 Å². The Bertz CT molecular complexity index is 5500. The van der Waals surface area contributed by atoms with Crippen molar-refractivity contribution in [3.8, 4) is 84.3 Å². The first kappa shape index (κ1) is 33.6. The number of ether oxygens (including phenoxy) is 1. The van der Waals surface area contributed by atoms with E-state index >= 15 is 0 Å². The molecule has 0 aliphatic heterocycles. The van der Waals surface area contributed by atoms with Gasteiger partial charge >= 0.3 is 0 Å². The van der Waals surface area contributed by atoms with Crippen LogP contribution in [-0.4, -0.2) is 14.1 Å². The van der Waals surface area contributed by atoms with Gasteiger partial charge in [-0.25, -0.2) is 4.98 Å². The normalized spacial score (nSPS) is 15.6. The number of fused-ring (bicyclic) bond motifs is 4. The van der Waals surface area contributed by atoms with Crippen LogP contribution in [0.25, 0.3) is 106 Å². The molecule has 0 spiro atoms. The zero-order valence-electron chi connectivity index (χ0n) is 65.6. The average molecular weight is 1250 g/mol. The van der Waals surface area contributed by atoms with Crippen LogP contribution in [-0.2, 0) is 31.9 Å². The van der Waals surface area contributed by atoms with Crippen molar-refractivity contribution in [3.63, 3.8) is 0 Å². The number of pyridine rings is 1. The van der Waals surface area contributed by atoms with Crippen LogP contribution >= 0.6 is 0 Å². The fourth-order valence-electron chi connectivity index (χ4n) is 9.94. The maximum absolute atomic E-state index is 10.3. The largest absolute Gasteiger partial charge is 0.510 e. The third kappa shape index (κ3) is 10.1. The van der Waals surface area contributed by atoms with Gasteiger partial charge in [0, 0.05) is 54.0 Å². The molecule has 0 unspecified atom stereocenters. The molecule has 3 aromatic heterocycles. The molecular weight excluding hydrogens is 1170 g/mol. The number of aryl methyl sites for hydroxylation is 1. The van der Waals surface area contributed by atoms with E-state index in [1.165, 1.54) is 12.3 Å². The zero-order valence-corrected chi connectivity index (χ0v) is 46.9. The summed E-state index contributed by atoms with van der Waals surface area (Å²) in [5.41, 5.74) is 1.92. The summed E-state index contributed by atoms with van der Waals surface area (Å²) in [7, 11) is 0. The Labute approximate surface area is 519 Å². The van der Waals surface area contributed by atoms with Gasteiger partial charge in [0.25, 0.3) is 6.33 Å². The average Bonchev–Trinajstić information content (AvgIpc) is 1.07. The van der Waals surface area contributed by atoms with E-state index in [1.54, 1.807) is 50.1 Å². The molecule has 81 heavy (non-hydrogen) atoms. The monoisotopic (exact) mass is 1250 g/mol. The number of hydrogen-bond acceptors (Lipinski definition) is 2. The van der Waals surface area contributed by atoms with Crippen LogP contribution in [0.5, 0.6) is 11.5 Å². The van der Waals surface area contributed by atoms with E-state index in [4.69, 9.17) is 28.9 Å². The van der Waals surface area contributed by atoms with Gasteiger partial charge in [-0.05, 0) is 126 Å². The van der Waals surface area contributed by atoms with Crippen molar-refractivity contribution >= 4 is 32.8 Å². The quantitative estimate of drug-likeness (QED) is 0.101. The summed E-state index contributed by atoms with van der Waals surface area (Å²) in [6.07, 6.45) is 4.78. The van der Waals surface area contributed by atoms with E-state index < -0.39 is 149 Å². The summed E-state index contributed by atoms with van der Waals surface area (Å²) in [6.45, 7) is 9.70. The molecule has 0 aliphatic carbocycles. The van der Waals surface area contributed by atoms with Gasteiger partial charge in [-0.15, -0.1) is 29.7 Å². The van der Waals surface area contributed by atoms with Gasteiger partial charge in [-0.2, -0.15) is 18.2 Å². The van der Waals surface area contributed by atoms with Crippen molar-refractivity contribution in [2.24, 2.45) is 0 Å². The van der Waals surface area contributed by atoms with Crippen LogP contribution < -0.4 is 9.30 Å². The Kier molecular flexibility index (Phi) is 8.84. The fraction of sp³-hybridized carbons (Fsp3) is 0.120. The number of hydrogen-bond donors (Lipinski definition) is 0. The van der Waals surface area contributed by atoms with Gasteiger partial charge in [-0.1, -0.05) is 217 Å². The van der Waals surface area contributed by atoms with Gasteiger partial charge < -0.3 is 13.9 Å². The molecule has 0 fully saturated rings. The van der Waals surface area contributed by atoms with Crippen LogP contribution in [0.1, 0.15) is 87.0 Å². The molecule has 0 radical (unpaired) electrons. The predicted molar refractivity (Wildman–Crippen MR) is 329 cm³/mol. The van der Waals surface area contributed by atoms with Crippen molar-refractivity contribution in [2.75, 3.05) is 0 Å². The van der Waals surface area contributed by atoms with Crippen molar-refractivity contribution < 1.29 is 59.2 Å². The number of benzene rings is 10. The smallest absolute Gasteiger partial charge is 0.268 e. The molecule has 6 heteroatoms. The topological polar surface area (TPSA) is 35.9 Å². The van der Waals surface area contributed by atoms with Crippen LogP contribution in [0.3, 0.4) is 0 Å². The Hall–Kier alpha value is -8.89. The summed E-state index contributed by atoms with van der Waals surface area (Å²) in [5.74, 6) is 0.527.